The van der Waals surface area contributed by atoms with Crippen LogP contribution in [0.25, 0.3) is 0 Å². The molecule has 198 valence electrons. The van der Waals surface area contributed by atoms with Gasteiger partial charge in [0.2, 0.25) is 0 Å². The number of rotatable bonds is 6. The molecule has 0 spiro atoms. The number of fused-ring (bicyclic) bond motifs is 1. The molecule has 1 unspecified atom stereocenters. The third-order valence-electron chi connectivity index (χ3n) is 10.2. The van der Waals surface area contributed by atoms with Gasteiger partial charge in [-0.05, 0) is 119 Å². The Morgan fingerprint density at radius 2 is 1.83 bits per heavy atom. The van der Waals surface area contributed by atoms with Gasteiger partial charge < -0.3 is 10.2 Å². The summed E-state index contributed by atoms with van der Waals surface area (Å²) >= 11 is 0. The monoisotopic (exact) mass is 504 g/mol. The van der Waals surface area contributed by atoms with Crippen LogP contribution in [-0.2, 0) is 9.84 Å². The van der Waals surface area contributed by atoms with Crippen molar-refractivity contribution >= 4 is 9.84 Å². The zero-order valence-electron chi connectivity index (χ0n) is 22.6. The Morgan fingerprint density at radius 1 is 1.14 bits per heavy atom. The van der Waals surface area contributed by atoms with E-state index in [0.29, 0.717) is 30.6 Å². The lowest BCUT2D eigenvalue weighted by atomic mass is 9.60. The van der Waals surface area contributed by atoms with E-state index in [-0.39, 0.29) is 5.41 Å². The van der Waals surface area contributed by atoms with Crippen LogP contribution in [0.4, 0.5) is 0 Å². The van der Waals surface area contributed by atoms with Crippen molar-refractivity contribution in [3.63, 3.8) is 0 Å². The number of allylic oxidation sites excluding steroid dienone is 3. The molecule has 2 N–H and O–H groups in total. The molecule has 4 nitrogen and oxygen atoms in total. The molecule has 0 aromatic carbocycles. The van der Waals surface area contributed by atoms with Gasteiger partial charge in [-0.2, -0.15) is 0 Å². The van der Waals surface area contributed by atoms with Crippen molar-refractivity contribution in [2.75, 3.05) is 0 Å². The Balaban J connectivity index is 1.46. The van der Waals surface area contributed by atoms with Gasteiger partial charge in [0.1, 0.15) is 0 Å². The second-order valence-corrected chi connectivity index (χ2v) is 16.6. The fourth-order valence-corrected chi connectivity index (χ4v) is 10.1. The topological polar surface area (TPSA) is 74.6 Å². The Kier molecular flexibility index (Phi) is 7.32. The van der Waals surface area contributed by atoms with Crippen LogP contribution in [0, 0.1) is 23.2 Å². The molecule has 0 aromatic rings. The highest BCUT2D eigenvalue weighted by molar-refractivity contribution is 7.94. The predicted molar refractivity (Wildman–Crippen MR) is 144 cm³/mol. The van der Waals surface area contributed by atoms with Gasteiger partial charge in [0.15, 0.2) is 9.84 Å². The molecule has 4 saturated carbocycles. The molecule has 0 saturated heterocycles. The lowest BCUT2D eigenvalue weighted by molar-refractivity contribution is 0.0861. The molecule has 4 rings (SSSR count). The first kappa shape index (κ1) is 27.1. The van der Waals surface area contributed by atoms with E-state index >= 15 is 0 Å². The zero-order chi connectivity index (χ0) is 25.8. The highest BCUT2D eigenvalue weighted by atomic mass is 32.2. The molecule has 5 heteroatoms. The van der Waals surface area contributed by atoms with Crippen molar-refractivity contribution in [1.29, 1.82) is 0 Å². The van der Waals surface area contributed by atoms with Gasteiger partial charge in [-0.1, -0.05) is 38.2 Å². The summed E-state index contributed by atoms with van der Waals surface area (Å²) in [6, 6.07) is 0. The Bertz CT molecular complexity index is 994. The Hall–Kier alpha value is -0.910. The van der Waals surface area contributed by atoms with Crippen molar-refractivity contribution in [2.45, 2.75) is 127 Å². The van der Waals surface area contributed by atoms with E-state index in [4.69, 9.17) is 0 Å². The summed E-state index contributed by atoms with van der Waals surface area (Å²) in [4.78, 5) is 0. The summed E-state index contributed by atoms with van der Waals surface area (Å²) in [6.07, 6.45) is 13.7. The molecule has 0 aliphatic heterocycles. The highest BCUT2D eigenvalue weighted by Crippen LogP contribution is 2.61. The SMILES string of the molecule is C=C1/C(=C\C=C2/CCC[C@@]3(C)C2CC[C@@H]3[C@H](C)CCC2(S(=O)(=O)C(C)(C)C)CC2)C[C@@H](O)C[C@@H]1O. The minimum Gasteiger partial charge on any atom is -0.393 e. The van der Waals surface area contributed by atoms with Gasteiger partial charge in [-0.3, -0.25) is 0 Å². The first-order valence-corrected chi connectivity index (χ1v) is 15.4. The second-order valence-electron chi connectivity index (χ2n) is 13.5. The third-order valence-corrected chi connectivity index (χ3v) is 13.6. The quantitative estimate of drug-likeness (QED) is 0.446. The van der Waals surface area contributed by atoms with E-state index in [1.807, 2.05) is 20.8 Å². The Labute approximate surface area is 213 Å². The molecule has 0 bridgehead atoms. The van der Waals surface area contributed by atoms with E-state index < -0.39 is 31.5 Å². The van der Waals surface area contributed by atoms with Crippen molar-refractivity contribution < 1.29 is 18.6 Å². The van der Waals surface area contributed by atoms with E-state index in [1.54, 1.807) is 0 Å². The first-order valence-electron chi connectivity index (χ1n) is 13.9. The lowest BCUT2D eigenvalue weighted by Crippen LogP contribution is -2.40. The molecule has 6 atom stereocenters. The fraction of sp³-hybridized carbons (Fsp3) is 0.800. The summed E-state index contributed by atoms with van der Waals surface area (Å²) < 4.78 is 25.3. The molecular weight excluding hydrogens is 456 g/mol. The summed E-state index contributed by atoms with van der Waals surface area (Å²) in [5.41, 5.74) is 3.51. The van der Waals surface area contributed by atoms with Crippen LogP contribution in [-0.4, -0.2) is 40.3 Å². The van der Waals surface area contributed by atoms with Crippen LogP contribution >= 0.6 is 0 Å². The minimum atomic E-state index is -3.12. The van der Waals surface area contributed by atoms with Crippen molar-refractivity contribution in [1.82, 2.24) is 0 Å². The van der Waals surface area contributed by atoms with Crippen LogP contribution in [0.3, 0.4) is 0 Å². The molecule has 35 heavy (non-hydrogen) atoms. The van der Waals surface area contributed by atoms with Gasteiger partial charge in [0, 0.05) is 6.42 Å². The average Bonchev–Trinajstić information content (AvgIpc) is 3.48. The standard InChI is InChI=1S/C30H48O4S/c1-20(13-15-30(16-17-30)35(33,34)28(3,4)5)25-11-12-26-22(8-7-14-29(25,26)6)9-10-23-18-24(31)19-27(32)21(23)2/h9-10,20,24-27,31-32H,2,7-8,11-19H2,1,3-6H3/b22-9+,23-10-/t20-,24-,25-,26?,27+,29-/m1/s1. The van der Waals surface area contributed by atoms with E-state index in [1.165, 1.54) is 31.3 Å². The van der Waals surface area contributed by atoms with Crippen LogP contribution in [0.2, 0.25) is 0 Å². The number of aliphatic hydroxyl groups excluding tert-OH is 2. The van der Waals surface area contributed by atoms with E-state index in [9.17, 15) is 18.6 Å². The molecule has 0 aromatic heterocycles. The van der Waals surface area contributed by atoms with Crippen LogP contribution in [0.5, 0.6) is 0 Å². The molecule has 0 heterocycles. The van der Waals surface area contributed by atoms with Gasteiger partial charge >= 0.3 is 0 Å². The van der Waals surface area contributed by atoms with Crippen molar-refractivity contribution in [3.8, 4) is 0 Å². The second kappa shape index (κ2) is 9.44. The summed E-state index contributed by atoms with van der Waals surface area (Å²) in [6.45, 7) is 14.5. The molecule has 4 aliphatic carbocycles. The number of hydrogen-bond acceptors (Lipinski definition) is 4. The molecule has 0 radical (unpaired) electrons. The lowest BCUT2D eigenvalue weighted by Gasteiger charge is -2.44. The summed E-state index contributed by atoms with van der Waals surface area (Å²) in [5.74, 6) is 1.73. The van der Waals surface area contributed by atoms with Crippen LogP contribution in [0.15, 0.2) is 35.5 Å². The molecular formula is C30H48O4S. The largest absolute Gasteiger partial charge is 0.393 e. The maximum atomic E-state index is 13.2. The zero-order valence-corrected chi connectivity index (χ0v) is 23.5. The van der Waals surface area contributed by atoms with Crippen molar-refractivity contribution in [2.24, 2.45) is 23.2 Å². The van der Waals surface area contributed by atoms with Gasteiger partial charge in [-0.15, -0.1) is 0 Å². The smallest absolute Gasteiger partial charge is 0.160 e. The first-order chi connectivity index (χ1) is 16.2. The molecule has 4 aliphatic rings. The molecule has 4 fully saturated rings. The fourth-order valence-electron chi connectivity index (χ4n) is 7.81. The third kappa shape index (κ3) is 4.86. The number of sulfone groups is 1. The highest BCUT2D eigenvalue weighted by Gasteiger charge is 2.58. The Morgan fingerprint density at radius 3 is 2.46 bits per heavy atom. The number of aliphatic hydroxyl groups is 2. The summed E-state index contributed by atoms with van der Waals surface area (Å²) in [7, 11) is -3.12. The van der Waals surface area contributed by atoms with Crippen LogP contribution < -0.4 is 0 Å². The molecule has 0 amide bonds. The minimum absolute atomic E-state index is 0.268. The van der Waals surface area contributed by atoms with Gasteiger partial charge in [0.25, 0.3) is 0 Å². The van der Waals surface area contributed by atoms with E-state index in [2.05, 4.69) is 32.6 Å². The van der Waals surface area contributed by atoms with Crippen molar-refractivity contribution in [3.05, 3.63) is 35.5 Å². The van der Waals surface area contributed by atoms with E-state index in [0.717, 1.165) is 43.3 Å². The predicted octanol–water partition coefficient (Wildman–Crippen LogP) is 6.29. The van der Waals surface area contributed by atoms with Gasteiger partial charge in [0.05, 0.1) is 21.7 Å². The van der Waals surface area contributed by atoms with Gasteiger partial charge in [-0.25, -0.2) is 8.42 Å². The maximum absolute atomic E-state index is 13.2. The maximum Gasteiger partial charge on any atom is 0.160 e. The normalized spacial score (nSPS) is 38.5. The van der Waals surface area contributed by atoms with Crippen LogP contribution in [0.1, 0.15) is 105 Å². The average molecular weight is 505 g/mol. The summed E-state index contributed by atoms with van der Waals surface area (Å²) in [5, 5.41) is 20.3. The number of hydrogen-bond donors (Lipinski definition) is 2.